The molecule has 0 spiro atoms. The lowest BCUT2D eigenvalue weighted by Crippen LogP contribution is -2.15. The van der Waals surface area contributed by atoms with Gasteiger partial charge in [0, 0.05) is 23.1 Å². The minimum Gasteiger partial charge on any atom is -0.398 e. The Morgan fingerprint density at radius 1 is 1.26 bits per heavy atom. The summed E-state index contributed by atoms with van der Waals surface area (Å²) in [6.45, 7) is 1.71. The molecule has 0 saturated carbocycles. The predicted molar refractivity (Wildman–Crippen MR) is 73.4 cm³/mol. The molecule has 0 aliphatic heterocycles. The number of anilines is 2. The Kier molecular flexibility index (Phi) is 3.59. The van der Waals surface area contributed by atoms with Gasteiger partial charge in [-0.1, -0.05) is 11.6 Å². The Hall–Kier alpha value is -1.86. The Labute approximate surface area is 115 Å². The third-order valence-electron chi connectivity index (χ3n) is 2.46. The fraction of sp³-hybridized carbons (Fsp3) is 0.0909. The van der Waals surface area contributed by atoms with Gasteiger partial charge >= 0.3 is 0 Å². The molecule has 2 aromatic rings. The van der Waals surface area contributed by atoms with Crippen molar-refractivity contribution in [3.8, 4) is 0 Å². The molecule has 0 bridgehead atoms. The predicted octanol–water partition coefficient (Wildman–Crippen LogP) is 1.82. The van der Waals surface area contributed by atoms with E-state index < -0.39 is 10.0 Å². The molecule has 0 atom stereocenters. The average Bonchev–Trinajstić information content (AvgIpc) is 2.36. The molecule has 6 nitrogen and oxygen atoms in total. The molecule has 19 heavy (non-hydrogen) atoms. The normalized spacial score (nSPS) is 11.3. The van der Waals surface area contributed by atoms with E-state index in [1.807, 2.05) is 0 Å². The van der Waals surface area contributed by atoms with Crippen LogP contribution >= 0.6 is 11.6 Å². The Balaban J connectivity index is 2.40. The lowest BCUT2D eigenvalue weighted by Gasteiger charge is -2.09. The van der Waals surface area contributed by atoms with E-state index in [0.29, 0.717) is 11.3 Å². The van der Waals surface area contributed by atoms with Gasteiger partial charge in [-0.05, 0) is 30.7 Å². The number of nitrogens with one attached hydrogen (secondary N) is 1. The molecule has 1 aromatic heterocycles. The lowest BCUT2D eigenvalue weighted by atomic mass is 10.2. The largest absolute Gasteiger partial charge is 0.398 e. The third-order valence-corrected chi connectivity index (χ3v) is 4.16. The number of halogens is 1. The summed E-state index contributed by atoms with van der Waals surface area (Å²) in [6, 6.07) is 4.25. The van der Waals surface area contributed by atoms with Crippen molar-refractivity contribution in [3.63, 3.8) is 0 Å². The highest BCUT2D eigenvalue weighted by Crippen LogP contribution is 2.26. The summed E-state index contributed by atoms with van der Waals surface area (Å²) in [7, 11) is -3.81. The van der Waals surface area contributed by atoms with E-state index in [0.717, 1.165) is 0 Å². The summed E-state index contributed by atoms with van der Waals surface area (Å²) in [4.78, 5) is 7.54. The molecule has 0 radical (unpaired) electrons. The summed E-state index contributed by atoms with van der Waals surface area (Å²) < 4.78 is 26.5. The Bertz CT molecular complexity index is 681. The van der Waals surface area contributed by atoms with Crippen LogP contribution < -0.4 is 10.5 Å². The minimum absolute atomic E-state index is 0.0160. The van der Waals surface area contributed by atoms with E-state index in [2.05, 4.69) is 14.7 Å². The number of nitrogens with zero attached hydrogens (tertiary/aromatic N) is 2. The summed E-state index contributed by atoms with van der Waals surface area (Å²) in [5.74, 6) is -0.0160. The van der Waals surface area contributed by atoms with E-state index in [4.69, 9.17) is 17.3 Å². The van der Waals surface area contributed by atoms with Gasteiger partial charge in [-0.15, -0.1) is 0 Å². The number of nitrogen functional groups attached to an aromatic ring is 1. The van der Waals surface area contributed by atoms with E-state index in [1.54, 1.807) is 13.0 Å². The summed E-state index contributed by atoms with van der Waals surface area (Å²) in [5.41, 5.74) is 6.65. The molecule has 0 aliphatic carbocycles. The number of hydrogen-bond acceptors (Lipinski definition) is 5. The minimum atomic E-state index is -3.81. The van der Waals surface area contributed by atoms with Crippen LogP contribution in [-0.4, -0.2) is 18.4 Å². The molecule has 0 amide bonds. The first-order chi connectivity index (χ1) is 8.90. The number of aromatic nitrogens is 2. The SMILES string of the molecule is Cc1c(N)cc(S(=O)(=O)Nc2ncccn2)cc1Cl. The third kappa shape index (κ3) is 2.94. The monoisotopic (exact) mass is 298 g/mol. The highest BCUT2D eigenvalue weighted by Gasteiger charge is 2.18. The number of hydrogen-bond donors (Lipinski definition) is 2. The van der Waals surface area contributed by atoms with Crippen molar-refractivity contribution < 1.29 is 8.42 Å². The van der Waals surface area contributed by atoms with Crippen LogP contribution in [0.1, 0.15) is 5.56 Å². The molecule has 100 valence electrons. The standard InChI is InChI=1S/C11H11ClN4O2S/c1-7-9(12)5-8(6-10(7)13)19(17,18)16-11-14-3-2-4-15-11/h2-6H,13H2,1H3,(H,14,15,16). The van der Waals surface area contributed by atoms with E-state index in [1.165, 1.54) is 24.5 Å². The van der Waals surface area contributed by atoms with Gasteiger partial charge in [-0.25, -0.2) is 23.1 Å². The van der Waals surface area contributed by atoms with Crippen molar-refractivity contribution >= 4 is 33.3 Å². The van der Waals surface area contributed by atoms with Crippen LogP contribution in [0.2, 0.25) is 5.02 Å². The van der Waals surface area contributed by atoms with Gasteiger partial charge in [0.25, 0.3) is 10.0 Å². The average molecular weight is 299 g/mol. The molecular formula is C11H11ClN4O2S. The van der Waals surface area contributed by atoms with Gasteiger partial charge in [0.2, 0.25) is 5.95 Å². The van der Waals surface area contributed by atoms with Gasteiger partial charge in [-0.2, -0.15) is 0 Å². The molecule has 2 rings (SSSR count). The molecule has 8 heteroatoms. The van der Waals surface area contributed by atoms with Crippen LogP contribution in [-0.2, 0) is 10.0 Å². The highest BCUT2D eigenvalue weighted by atomic mass is 35.5. The summed E-state index contributed by atoms with van der Waals surface area (Å²) in [5, 5.41) is 0.286. The fourth-order valence-corrected chi connectivity index (χ4v) is 2.67. The first-order valence-electron chi connectivity index (χ1n) is 5.25. The Morgan fingerprint density at radius 3 is 2.47 bits per heavy atom. The highest BCUT2D eigenvalue weighted by molar-refractivity contribution is 7.92. The number of benzene rings is 1. The first kappa shape index (κ1) is 13.6. The van der Waals surface area contributed by atoms with Crippen molar-refractivity contribution in [1.29, 1.82) is 0 Å². The number of sulfonamides is 1. The topological polar surface area (TPSA) is 98.0 Å². The second kappa shape index (κ2) is 5.02. The quantitative estimate of drug-likeness (QED) is 0.842. The van der Waals surface area contributed by atoms with Crippen molar-refractivity contribution in [1.82, 2.24) is 9.97 Å². The van der Waals surface area contributed by atoms with Crippen LogP contribution in [0.4, 0.5) is 11.6 Å². The van der Waals surface area contributed by atoms with Crippen molar-refractivity contribution in [2.75, 3.05) is 10.5 Å². The van der Waals surface area contributed by atoms with Crippen LogP contribution in [0, 0.1) is 6.92 Å². The molecule has 0 aliphatic rings. The second-order valence-electron chi connectivity index (χ2n) is 3.80. The van der Waals surface area contributed by atoms with Crippen LogP contribution in [0.15, 0.2) is 35.5 Å². The maximum atomic E-state index is 12.1. The fourth-order valence-electron chi connectivity index (χ4n) is 1.36. The number of rotatable bonds is 3. The zero-order valence-corrected chi connectivity index (χ0v) is 11.5. The molecule has 3 N–H and O–H groups in total. The van der Waals surface area contributed by atoms with Gasteiger partial charge < -0.3 is 5.73 Å². The van der Waals surface area contributed by atoms with Crippen LogP contribution in [0.25, 0.3) is 0 Å². The van der Waals surface area contributed by atoms with Gasteiger partial charge in [0.1, 0.15) is 0 Å². The molecular weight excluding hydrogens is 288 g/mol. The van der Waals surface area contributed by atoms with Gasteiger partial charge in [0.05, 0.1) is 4.90 Å². The first-order valence-corrected chi connectivity index (χ1v) is 7.12. The maximum Gasteiger partial charge on any atom is 0.264 e. The molecule has 0 fully saturated rings. The number of nitrogens with two attached hydrogens (primary N) is 1. The van der Waals surface area contributed by atoms with Crippen molar-refractivity contribution in [3.05, 3.63) is 41.2 Å². The molecule has 0 saturated heterocycles. The summed E-state index contributed by atoms with van der Waals surface area (Å²) in [6.07, 6.45) is 2.86. The van der Waals surface area contributed by atoms with Gasteiger partial charge in [-0.3, -0.25) is 0 Å². The van der Waals surface area contributed by atoms with E-state index in [-0.39, 0.29) is 15.9 Å². The van der Waals surface area contributed by atoms with Crippen molar-refractivity contribution in [2.45, 2.75) is 11.8 Å². The maximum absolute atomic E-state index is 12.1. The lowest BCUT2D eigenvalue weighted by molar-refractivity contribution is 0.601. The second-order valence-corrected chi connectivity index (χ2v) is 5.89. The van der Waals surface area contributed by atoms with Crippen molar-refractivity contribution in [2.24, 2.45) is 0 Å². The van der Waals surface area contributed by atoms with Gasteiger partial charge in [0.15, 0.2) is 0 Å². The molecule has 1 aromatic carbocycles. The zero-order chi connectivity index (χ0) is 14.0. The molecule has 1 heterocycles. The van der Waals surface area contributed by atoms with E-state index in [9.17, 15) is 8.42 Å². The molecule has 0 unspecified atom stereocenters. The zero-order valence-electron chi connectivity index (χ0n) is 9.96. The smallest absolute Gasteiger partial charge is 0.264 e. The Morgan fingerprint density at radius 2 is 1.89 bits per heavy atom. The summed E-state index contributed by atoms with van der Waals surface area (Å²) >= 11 is 5.92. The van der Waals surface area contributed by atoms with E-state index >= 15 is 0 Å². The van der Waals surface area contributed by atoms with Crippen LogP contribution in [0.5, 0.6) is 0 Å². The van der Waals surface area contributed by atoms with Crippen LogP contribution in [0.3, 0.4) is 0 Å².